The van der Waals surface area contributed by atoms with Crippen molar-refractivity contribution in [3.8, 4) is 0 Å². The number of hydrogen-bond acceptors (Lipinski definition) is 2. The van der Waals surface area contributed by atoms with Crippen LogP contribution < -0.4 is 0 Å². The van der Waals surface area contributed by atoms with Crippen molar-refractivity contribution >= 4 is 6.47 Å². The Hall–Kier alpha value is -1.31. The molecule has 2 heteroatoms. The van der Waals surface area contributed by atoms with E-state index in [1.807, 2.05) is 18.2 Å². The lowest BCUT2D eigenvalue weighted by Crippen LogP contribution is -2.12. The van der Waals surface area contributed by atoms with Gasteiger partial charge in [0.05, 0.1) is 0 Å². The van der Waals surface area contributed by atoms with Gasteiger partial charge in [0.1, 0.15) is 6.10 Å². The minimum absolute atomic E-state index is 0.0766. The maximum absolute atomic E-state index is 10.3. The average molecular weight is 206 g/mol. The van der Waals surface area contributed by atoms with Crippen molar-refractivity contribution in [3.05, 3.63) is 35.9 Å². The molecular weight excluding hydrogens is 188 g/mol. The molecule has 0 fully saturated rings. The molecule has 0 aromatic heterocycles. The maximum atomic E-state index is 10.3. The van der Waals surface area contributed by atoms with E-state index in [-0.39, 0.29) is 6.10 Å². The molecule has 0 N–H and O–H groups in total. The number of hydrogen-bond donors (Lipinski definition) is 0. The fourth-order valence-corrected chi connectivity index (χ4v) is 1.65. The van der Waals surface area contributed by atoms with Crippen LogP contribution in [0.4, 0.5) is 0 Å². The Morgan fingerprint density at radius 3 is 2.60 bits per heavy atom. The van der Waals surface area contributed by atoms with Crippen LogP contribution in [0.5, 0.6) is 0 Å². The molecule has 0 heterocycles. The molecule has 1 aromatic rings. The number of carbonyl (C=O) groups is 1. The van der Waals surface area contributed by atoms with Gasteiger partial charge in [-0.15, -0.1) is 0 Å². The van der Waals surface area contributed by atoms with Crippen molar-refractivity contribution < 1.29 is 9.53 Å². The predicted molar refractivity (Wildman–Crippen MR) is 60.6 cm³/mol. The standard InChI is InChI=1S/C13H18O2/c1-2-6-13(15-11-14)10-9-12-7-4-3-5-8-12/h3-5,7-8,11,13H,2,6,9-10H2,1H3/t13-/m1/s1. The van der Waals surface area contributed by atoms with Crippen LogP contribution in [-0.2, 0) is 16.0 Å². The van der Waals surface area contributed by atoms with Gasteiger partial charge in [-0.2, -0.15) is 0 Å². The summed E-state index contributed by atoms with van der Waals surface area (Å²) in [4.78, 5) is 10.3. The first-order valence-corrected chi connectivity index (χ1v) is 5.49. The molecule has 2 nitrogen and oxygen atoms in total. The van der Waals surface area contributed by atoms with E-state index in [2.05, 4.69) is 19.1 Å². The monoisotopic (exact) mass is 206 g/mol. The van der Waals surface area contributed by atoms with E-state index < -0.39 is 0 Å². The maximum Gasteiger partial charge on any atom is 0.293 e. The highest BCUT2D eigenvalue weighted by molar-refractivity contribution is 5.37. The predicted octanol–water partition coefficient (Wildman–Crippen LogP) is 2.96. The molecule has 0 spiro atoms. The molecule has 15 heavy (non-hydrogen) atoms. The second kappa shape index (κ2) is 7.04. The van der Waals surface area contributed by atoms with Crippen LogP contribution in [0, 0.1) is 0 Å². The van der Waals surface area contributed by atoms with E-state index in [1.54, 1.807) is 0 Å². The number of benzene rings is 1. The first-order chi connectivity index (χ1) is 7.36. The molecule has 1 aromatic carbocycles. The van der Waals surface area contributed by atoms with Gasteiger partial charge in [-0.1, -0.05) is 43.7 Å². The molecule has 0 radical (unpaired) electrons. The third-order valence-corrected chi connectivity index (χ3v) is 2.46. The van der Waals surface area contributed by atoms with Crippen LogP contribution in [0.15, 0.2) is 30.3 Å². The highest BCUT2D eigenvalue weighted by atomic mass is 16.5. The van der Waals surface area contributed by atoms with E-state index >= 15 is 0 Å². The zero-order valence-corrected chi connectivity index (χ0v) is 9.19. The highest BCUT2D eigenvalue weighted by Crippen LogP contribution is 2.10. The van der Waals surface area contributed by atoms with Crippen LogP contribution in [0.2, 0.25) is 0 Å². The van der Waals surface area contributed by atoms with Gasteiger partial charge in [-0.25, -0.2) is 0 Å². The summed E-state index contributed by atoms with van der Waals surface area (Å²) >= 11 is 0. The van der Waals surface area contributed by atoms with Crippen molar-refractivity contribution in [2.75, 3.05) is 0 Å². The van der Waals surface area contributed by atoms with E-state index in [0.717, 1.165) is 25.7 Å². The van der Waals surface area contributed by atoms with E-state index in [0.29, 0.717) is 6.47 Å². The quantitative estimate of drug-likeness (QED) is 0.641. The molecule has 1 rings (SSSR count). The summed E-state index contributed by atoms with van der Waals surface area (Å²) in [6.45, 7) is 2.66. The van der Waals surface area contributed by atoms with Gasteiger partial charge in [0.25, 0.3) is 6.47 Å². The minimum Gasteiger partial charge on any atom is -0.465 e. The average Bonchev–Trinajstić information content (AvgIpc) is 2.28. The minimum atomic E-state index is 0.0766. The summed E-state index contributed by atoms with van der Waals surface area (Å²) in [6, 6.07) is 10.3. The van der Waals surface area contributed by atoms with Crippen molar-refractivity contribution in [2.45, 2.75) is 38.7 Å². The second-order valence-corrected chi connectivity index (χ2v) is 3.67. The first-order valence-electron chi connectivity index (χ1n) is 5.49. The molecule has 0 unspecified atom stereocenters. The zero-order chi connectivity index (χ0) is 10.9. The van der Waals surface area contributed by atoms with E-state index in [4.69, 9.17) is 4.74 Å². The topological polar surface area (TPSA) is 26.3 Å². The molecular formula is C13H18O2. The SMILES string of the molecule is CCC[C@H](CCc1ccccc1)OC=O. The fourth-order valence-electron chi connectivity index (χ4n) is 1.65. The summed E-state index contributed by atoms with van der Waals surface area (Å²) in [5, 5.41) is 0. The zero-order valence-electron chi connectivity index (χ0n) is 9.19. The summed E-state index contributed by atoms with van der Waals surface area (Å²) in [5.41, 5.74) is 1.30. The third kappa shape index (κ3) is 4.63. The molecule has 0 aliphatic heterocycles. The number of ether oxygens (including phenoxy) is 1. The lowest BCUT2D eigenvalue weighted by atomic mass is 10.0. The Labute approximate surface area is 91.3 Å². The Balaban J connectivity index is 2.36. The van der Waals surface area contributed by atoms with Gasteiger partial charge < -0.3 is 4.74 Å². The van der Waals surface area contributed by atoms with Gasteiger partial charge in [-0.3, -0.25) is 4.79 Å². The van der Waals surface area contributed by atoms with Crippen LogP contribution in [0.3, 0.4) is 0 Å². The van der Waals surface area contributed by atoms with Crippen molar-refractivity contribution in [2.24, 2.45) is 0 Å². The van der Waals surface area contributed by atoms with Crippen LogP contribution in [-0.4, -0.2) is 12.6 Å². The van der Waals surface area contributed by atoms with E-state index in [9.17, 15) is 4.79 Å². The largest absolute Gasteiger partial charge is 0.465 e. The van der Waals surface area contributed by atoms with Gasteiger partial charge in [0.2, 0.25) is 0 Å². The Morgan fingerprint density at radius 2 is 2.00 bits per heavy atom. The number of carbonyl (C=O) groups excluding carboxylic acids is 1. The molecule has 0 aliphatic rings. The molecule has 1 atom stereocenters. The molecule has 0 aliphatic carbocycles. The van der Waals surface area contributed by atoms with Crippen LogP contribution in [0.1, 0.15) is 31.7 Å². The van der Waals surface area contributed by atoms with Crippen LogP contribution >= 0.6 is 0 Å². The Morgan fingerprint density at radius 1 is 1.27 bits per heavy atom. The van der Waals surface area contributed by atoms with Gasteiger partial charge >= 0.3 is 0 Å². The Kier molecular flexibility index (Phi) is 5.52. The molecule has 0 saturated carbocycles. The summed E-state index contributed by atoms with van der Waals surface area (Å²) in [5.74, 6) is 0. The van der Waals surface area contributed by atoms with Gasteiger partial charge in [-0.05, 0) is 24.8 Å². The molecule has 0 bridgehead atoms. The smallest absolute Gasteiger partial charge is 0.293 e. The highest BCUT2D eigenvalue weighted by Gasteiger charge is 2.07. The fraction of sp³-hybridized carbons (Fsp3) is 0.462. The second-order valence-electron chi connectivity index (χ2n) is 3.67. The summed E-state index contributed by atoms with van der Waals surface area (Å²) in [6.07, 6.45) is 3.96. The Bertz CT molecular complexity index is 269. The van der Waals surface area contributed by atoms with Gasteiger partial charge in [0.15, 0.2) is 0 Å². The molecule has 0 saturated heterocycles. The van der Waals surface area contributed by atoms with Crippen molar-refractivity contribution in [3.63, 3.8) is 0 Å². The summed E-state index contributed by atoms with van der Waals surface area (Å²) in [7, 11) is 0. The van der Waals surface area contributed by atoms with Crippen molar-refractivity contribution in [1.82, 2.24) is 0 Å². The normalized spacial score (nSPS) is 12.1. The first kappa shape index (κ1) is 11.8. The van der Waals surface area contributed by atoms with Gasteiger partial charge in [0, 0.05) is 0 Å². The summed E-state index contributed by atoms with van der Waals surface area (Å²) < 4.78 is 5.02. The number of rotatable bonds is 7. The van der Waals surface area contributed by atoms with Crippen molar-refractivity contribution in [1.29, 1.82) is 0 Å². The third-order valence-electron chi connectivity index (χ3n) is 2.46. The molecule has 0 amide bonds. The lowest BCUT2D eigenvalue weighted by Gasteiger charge is -2.13. The molecule has 82 valence electrons. The van der Waals surface area contributed by atoms with E-state index in [1.165, 1.54) is 5.56 Å². The lowest BCUT2D eigenvalue weighted by molar-refractivity contribution is -0.134. The van der Waals surface area contributed by atoms with Crippen LogP contribution in [0.25, 0.3) is 0 Å². The number of aryl methyl sites for hydroxylation is 1.